The first-order valence-electron chi connectivity index (χ1n) is 6.32. The quantitative estimate of drug-likeness (QED) is 0.703. The summed E-state index contributed by atoms with van der Waals surface area (Å²) in [6.07, 6.45) is 0. The minimum absolute atomic E-state index is 0.106. The third-order valence-corrected chi connectivity index (χ3v) is 3.08. The first-order chi connectivity index (χ1) is 8.06. The highest BCUT2D eigenvalue weighted by Crippen LogP contribution is 2.04. The molecule has 1 aliphatic rings. The number of carbonyl (C=O) groups excluding carboxylic acids is 1. The number of piperazine rings is 1. The van der Waals surface area contributed by atoms with Crippen LogP contribution in [0.1, 0.15) is 20.8 Å². The lowest BCUT2D eigenvalue weighted by molar-refractivity contribution is -0.136. The van der Waals surface area contributed by atoms with Crippen molar-refractivity contribution in [2.24, 2.45) is 0 Å². The Labute approximate surface area is 104 Å². The Morgan fingerprint density at radius 1 is 1.41 bits per heavy atom. The number of methoxy groups -OCH3 is 1. The summed E-state index contributed by atoms with van der Waals surface area (Å²) in [5.41, 5.74) is 0. The maximum absolute atomic E-state index is 12.3. The summed E-state index contributed by atoms with van der Waals surface area (Å²) in [6.45, 7) is 8.96. The third-order valence-electron chi connectivity index (χ3n) is 3.08. The molecule has 1 fully saturated rings. The molecular formula is C12H25N3O2. The van der Waals surface area contributed by atoms with E-state index in [1.807, 2.05) is 18.7 Å². The Morgan fingerprint density at radius 2 is 2.12 bits per heavy atom. The van der Waals surface area contributed by atoms with Gasteiger partial charge in [-0.1, -0.05) is 0 Å². The topological polar surface area (TPSA) is 53.6 Å². The van der Waals surface area contributed by atoms with E-state index in [1.165, 1.54) is 0 Å². The molecule has 1 saturated heterocycles. The van der Waals surface area contributed by atoms with Gasteiger partial charge in [0.15, 0.2) is 0 Å². The molecule has 17 heavy (non-hydrogen) atoms. The highest BCUT2D eigenvalue weighted by atomic mass is 16.5. The van der Waals surface area contributed by atoms with Gasteiger partial charge in [0, 0.05) is 38.8 Å². The van der Waals surface area contributed by atoms with E-state index in [0.29, 0.717) is 25.7 Å². The lowest BCUT2D eigenvalue weighted by atomic mass is 10.1. The lowest BCUT2D eigenvalue weighted by Gasteiger charge is -2.34. The summed E-state index contributed by atoms with van der Waals surface area (Å²) in [4.78, 5) is 14.2. The number of amides is 1. The van der Waals surface area contributed by atoms with Crippen LogP contribution in [-0.4, -0.2) is 62.3 Å². The molecule has 100 valence electrons. The molecule has 5 heteroatoms. The van der Waals surface area contributed by atoms with Crippen LogP contribution < -0.4 is 10.6 Å². The molecule has 0 aliphatic carbocycles. The van der Waals surface area contributed by atoms with Gasteiger partial charge in [-0.25, -0.2) is 0 Å². The van der Waals surface area contributed by atoms with Crippen LogP contribution in [0.4, 0.5) is 0 Å². The summed E-state index contributed by atoms with van der Waals surface area (Å²) in [5, 5.41) is 6.61. The van der Waals surface area contributed by atoms with Gasteiger partial charge in [0.25, 0.3) is 0 Å². The minimum Gasteiger partial charge on any atom is -0.383 e. The maximum Gasteiger partial charge on any atom is 0.241 e. The summed E-state index contributed by atoms with van der Waals surface area (Å²) in [5.74, 6) is 0.163. The molecule has 0 bridgehead atoms. The Morgan fingerprint density at radius 3 is 2.59 bits per heavy atom. The Bertz CT molecular complexity index is 238. The lowest BCUT2D eigenvalue weighted by Crippen LogP contribution is -2.60. The van der Waals surface area contributed by atoms with Crippen molar-refractivity contribution >= 4 is 5.91 Å². The van der Waals surface area contributed by atoms with Gasteiger partial charge in [-0.05, 0) is 20.8 Å². The van der Waals surface area contributed by atoms with Crippen molar-refractivity contribution in [3.05, 3.63) is 0 Å². The summed E-state index contributed by atoms with van der Waals surface area (Å²) in [6, 6.07) is 0.537. The van der Waals surface area contributed by atoms with E-state index in [-0.39, 0.29) is 18.0 Å². The van der Waals surface area contributed by atoms with Crippen molar-refractivity contribution in [3.63, 3.8) is 0 Å². The van der Waals surface area contributed by atoms with E-state index in [9.17, 15) is 4.79 Å². The standard InChI is InChI=1S/C12H25N3O2/c1-9(2)15(5-6-17-4)12(16)11-8-13-10(3)7-14-11/h9-11,13-14H,5-8H2,1-4H3. The predicted octanol–water partition coefficient (Wildman–Crippen LogP) is -0.180. The second kappa shape index (κ2) is 6.93. The molecule has 0 aromatic heterocycles. The molecule has 1 rings (SSSR count). The first kappa shape index (κ1) is 14.4. The van der Waals surface area contributed by atoms with Crippen LogP contribution in [0.15, 0.2) is 0 Å². The van der Waals surface area contributed by atoms with Crippen LogP contribution in [0.3, 0.4) is 0 Å². The summed E-state index contributed by atoms with van der Waals surface area (Å²) < 4.78 is 5.05. The molecule has 0 aromatic carbocycles. The number of carbonyl (C=O) groups is 1. The van der Waals surface area contributed by atoms with Crippen molar-refractivity contribution in [3.8, 4) is 0 Å². The maximum atomic E-state index is 12.3. The van der Waals surface area contributed by atoms with E-state index in [0.717, 1.165) is 6.54 Å². The van der Waals surface area contributed by atoms with Gasteiger partial charge < -0.3 is 20.3 Å². The molecular weight excluding hydrogens is 218 g/mol. The number of rotatable bonds is 5. The molecule has 1 amide bonds. The molecule has 0 spiro atoms. The van der Waals surface area contributed by atoms with E-state index >= 15 is 0 Å². The largest absolute Gasteiger partial charge is 0.383 e. The van der Waals surface area contributed by atoms with Crippen molar-refractivity contribution < 1.29 is 9.53 Å². The fourth-order valence-corrected chi connectivity index (χ4v) is 1.97. The van der Waals surface area contributed by atoms with Crippen LogP contribution in [0.2, 0.25) is 0 Å². The molecule has 0 saturated carbocycles. The van der Waals surface area contributed by atoms with Gasteiger partial charge in [-0.15, -0.1) is 0 Å². The fourth-order valence-electron chi connectivity index (χ4n) is 1.97. The highest BCUT2D eigenvalue weighted by Gasteiger charge is 2.28. The van der Waals surface area contributed by atoms with Crippen molar-refractivity contribution in [2.75, 3.05) is 33.4 Å². The smallest absolute Gasteiger partial charge is 0.241 e. The molecule has 0 radical (unpaired) electrons. The van der Waals surface area contributed by atoms with Crippen LogP contribution in [0.25, 0.3) is 0 Å². The number of nitrogens with zero attached hydrogens (tertiary/aromatic N) is 1. The first-order valence-corrected chi connectivity index (χ1v) is 6.32. The highest BCUT2D eigenvalue weighted by molar-refractivity contribution is 5.82. The number of hydrogen-bond acceptors (Lipinski definition) is 4. The van der Waals surface area contributed by atoms with Gasteiger partial charge in [0.1, 0.15) is 0 Å². The molecule has 1 heterocycles. The molecule has 2 atom stereocenters. The SMILES string of the molecule is COCCN(C(=O)C1CNC(C)CN1)C(C)C. The van der Waals surface area contributed by atoms with Crippen LogP contribution in [-0.2, 0) is 9.53 Å². The second-order valence-electron chi connectivity index (χ2n) is 4.89. The molecule has 2 unspecified atom stereocenters. The number of hydrogen-bond donors (Lipinski definition) is 2. The van der Waals surface area contributed by atoms with Gasteiger partial charge in [0.2, 0.25) is 5.91 Å². The number of nitrogens with one attached hydrogen (secondary N) is 2. The second-order valence-corrected chi connectivity index (χ2v) is 4.89. The fraction of sp³-hybridized carbons (Fsp3) is 0.917. The van der Waals surface area contributed by atoms with Crippen LogP contribution in [0.5, 0.6) is 0 Å². The third kappa shape index (κ3) is 4.26. The zero-order valence-corrected chi connectivity index (χ0v) is 11.3. The van der Waals surface area contributed by atoms with Crippen LogP contribution >= 0.6 is 0 Å². The van der Waals surface area contributed by atoms with Crippen molar-refractivity contribution in [1.29, 1.82) is 0 Å². The predicted molar refractivity (Wildman–Crippen MR) is 68.0 cm³/mol. The van der Waals surface area contributed by atoms with Gasteiger partial charge in [-0.2, -0.15) is 0 Å². The monoisotopic (exact) mass is 243 g/mol. The molecule has 2 N–H and O–H groups in total. The average molecular weight is 243 g/mol. The van der Waals surface area contributed by atoms with E-state index < -0.39 is 0 Å². The zero-order chi connectivity index (χ0) is 12.8. The molecule has 1 aliphatic heterocycles. The molecule has 0 aromatic rings. The number of ether oxygens (including phenoxy) is 1. The Hall–Kier alpha value is -0.650. The van der Waals surface area contributed by atoms with Gasteiger partial charge in [-0.3, -0.25) is 4.79 Å². The van der Waals surface area contributed by atoms with E-state index in [1.54, 1.807) is 7.11 Å². The normalized spacial score (nSPS) is 25.0. The average Bonchev–Trinajstić information content (AvgIpc) is 2.29. The zero-order valence-electron chi connectivity index (χ0n) is 11.3. The minimum atomic E-state index is -0.106. The molecule has 5 nitrogen and oxygen atoms in total. The van der Waals surface area contributed by atoms with Crippen LogP contribution in [0, 0.1) is 0 Å². The van der Waals surface area contributed by atoms with Gasteiger partial charge in [0.05, 0.1) is 12.6 Å². The summed E-state index contributed by atoms with van der Waals surface area (Å²) in [7, 11) is 1.66. The van der Waals surface area contributed by atoms with Crippen molar-refractivity contribution in [1.82, 2.24) is 15.5 Å². The van der Waals surface area contributed by atoms with E-state index in [4.69, 9.17) is 4.74 Å². The van der Waals surface area contributed by atoms with Gasteiger partial charge >= 0.3 is 0 Å². The Balaban J connectivity index is 2.52. The van der Waals surface area contributed by atoms with Crippen molar-refractivity contribution in [2.45, 2.75) is 38.9 Å². The Kier molecular flexibility index (Phi) is 5.88. The summed E-state index contributed by atoms with van der Waals surface area (Å²) >= 11 is 0. The van der Waals surface area contributed by atoms with E-state index in [2.05, 4.69) is 17.6 Å².